The van der Waals surface area contributed by atoms with Gasteiger partial charge in [0.1, 0.15) is 0 Å². The van der Waals surface area contributed by atoms with Crippen LogP contribution in [0.5, 0.6) is 0 Å². The molecule has 1 saturated carbocycles. The minimum atomic E-state index is 0.493. The Balaban J connectivity index is 2.22. The van der Waals surface area contributed by atoms with Gasteiger partial charge in [0.15, 0.2) is 0 Å². The van der Waals surface area contributed by atoms with Crippen molar-refractivity contribution < 1.29 is 0 Å². The summed E-state index contributed by atoms with van der Waals surface area (Å²) >= 11 is 0. The smallest absolute Gasteiger partial charge is 0.00390 e. The van der Waals surface area contributed by atoms with Crippen LogP contribution < -0.4 is 5.73 Å². The van der Waals surface area contributed by atoms with Crippen LogP contribution in [-0.2, 0) is 0 Å². The summed E-state index contributed by atoms with van der Waals surface area (Å²) in [6, 6.07) is 0.493. The van der Waals surface area contributed by atoms with Crippen molar-refractivity contribution >= 4 is 0 Å². The van der Waals surface area contributed by atoms with Crippen LogP contribution in [0.15, 0.2) is 11.6 Å². The minimum absolute atomic E-state index is 0.493. The molecule has 2 N–H and O–H groups in total. The molecule has 0 unspecified atom stereocenters. The number of rotatable bonds is 2. The van der Waals surface area contributed by atoms with E-state index in [0.717, 1.165) is 5.92 Å². The molecular formula is C11H21N. The van der Waals surface area contributed by atoms with Gasteiger partial charge >= 0.3 is 0 Å². The van der Waals surface area contributed by atoms with E-state index in [1.54, 1.807) is 0 Å². The lowest BCUT2D eigenvalue weighted by Gasteiger charge is -2.25. The first kappa shape index (κ1) is 9.79. The van der Waals surface area contributed by atoms with Gasteiger partial charge in [-0.2, -0.15) is 0 Å². The zero-order valence-corrected chi connectivity index (χ0v) is 8.34. The molecule has 1 rings (SSSR count). The number of hydrogen-bond acceptors (Lipinski definition) is 1. The maximum atomic E-state index is 5.84. The standard InChI is InChI=1S/C11H21N/c1-9(2)3-4-10-5-7-11(12)8-6-10/h3,10-11H,4-8,12H2,1-2H3. The van der Waals surface area contributed by atoms with Gasteiger partial charge in [0.2, 0.25) is 0 Å². The van der Waals surface area contributed by atoms with Crippen molar-refractivity contribution in [2.45, 2.75) is 52.0 Å². The van der Waals surface area contributed by atoms with E-state index in [0.29, 0.717) is 6.04 Å². The summed E-state index contributed by atoms with van der Waals surface area (Å²) in [6.07, 6.45) is 8.79. The molecule has 1 aliphatic rings. The predicted octanol–water partition coefficient (Wildman–Crippen LogP) is 2.86. The first-order valence-corrected chi connectivity index (χ1v) is 5.07. The van der Waals surface area contributed by atoms with E-state index in [-0.39, 0.29) is 0 Å². The van der Waals surface area contributed by atoms with Crippen molar-refractivity contribution in [3.8, 4) is 0 Å². The van der Waals surface area contributed by atoms with E-state index in [4.69, 9.17) is 5.73 Å². The molecule has 12 heavy (non-hydrogen) atoms. The summed E-state index contributed by atoms with van der Waals surface area (Å²) in [5, 5.41) is 0. The molecule has 0 bridgehead atoms. The highest BCUT2D eigenvalue weighted by Crippen LogP contribution is 2.26. The summed E-state index contributed by atoms with van der Waals surface area (Å²) in [6.45, 7) is 4.35. The van der Waals surface area contributed by atoms with Crippen LogP contribution >= 0.6 is 0 Å². The lowest BCUT2D eigenvalue weighted by Crippen LogP contribution is -2.26. The average molecular weight is 167 g/mol. The molecular weight excluding hydrogens is 146 g/mol. The van der Waals surface area contributed by atoms with Gasteiger partial charge in [-0.05, 0) is 51.9 Å². The Morgan fingerprint density at radius 3 is 2.33 bits per heavy atom. The van der Waals surface area contributed by atoms with Crippen LogP contribution in [0.25, 0.3) is 0 Å². The second-order valence-electron chi connectivity index (χ2n) is 4.30. The van der Waals surface area contributed by atoms with Crippen LogP contribution in [0.3, 0.4) is 0 Å². The Labute approximate surface area is 76.0 Å². The Morgan fingerprint density at radius 1 is 1.25 bits per heavy atom. The molecule has 0 aromatic heterocycles. The molecule has 0 atom stereocenters. The van der Waals surface area contributed by atoms with Crippen molar-refractivity contribution in [3.05, 3.63) is 11.6 Å². The third-order valence-corrected chi connectivity index (χ3v) is 2.75. The normalized spacial score (nSPS) is 29.9. The van der Waals surface area contributed by atoms with E-state index >= 15 is 0 Å². The Hall–Kier alpha value is -0.300. The van der Waals surface area contributed by atoms with Crippen LogP contribution in [0.2, 0.25) is 0 Å². The molecule has 0 heterocycles. The number of hydrogen-bond donors (Lipinski definition) is 1. The second-order valence-corrected chi connectivity index (χ2v) is 4.30. The van der Waals surface area contributed by atoms with Crippen molar-refractivity contribution in [2.24, 2.45) is 11.7 Å². The number of allylic oxidation sites excluding steroid dienone is 2. The fourth-order valence-electron chi connectivity index (χ4n) is 1.83. The number of nitrogens with two attached hydrogens (primary N) is 1. The van der Waals surface area contributed by atoms with Crippen LogP contribution in [-0.4, -0.2) is 6.04 Å². The summed E-state index contributed by atoms with van der Waals surface area (Å²) in [4.78, 5) is 0. The van der Waals surface area contributed by atoms with Gasteiger partial charge in [-0.25, -0.2) is 0 Å². The summed E-state index contributed by atoms with van der Waals surface area (Å²) in [7, 11) is 0. The quantitative estimate of drug-likeness (QED) is 0.629. The molecule has 0 saturated heterocycles. The molecule has 0 amide bonds. The third kappa shape index (κ3) is 3.40. The van der Waals surface area contributed by atoms with Crippen LogP contribution in [0.1, 0.15) is 46.0 Å². The van der Waals surface area contributed by atoms with Crippen LogP contribution in [0, 0.1) is 5.92 Å². The molecule has 1 aliphatic carbocycles. The SMILES string of the molecule is CC(C)=CCC1CCC(N)CC1. The van der Waals surface area contributed by atoms with Gasteiger partial charge in [0.25, 0.3) is 0 Å². The highest BCUT2D eigenvalue weighted by atomic mass is 14.6. The predicted molar refractivity (Wildman–Crippen MR) is 54.0 cm³/mol. The van der Waals surface area contributed by atoms with Crippen molar-refractivity contribution in [1.29, 1.82) is 0 Å². The topological polar surface area (TPSA) is 26.0 Å². The monoisotopic (exact) mass is 167 g/mol. The van der Waals surface area contributed by atoms with Crippen molar-refractivity contribution in [1.82, 2.24) is 0 Å². The summed E-state index contributed by atoms with van der Waals surface area (Å²) in [5.74, 6) is 0.916. The minimum Gasteiger partial charge on any atom is -0.328 e. The Kier molecular flexibility index (Phi) is 3.80. The highest BCUT2D eigenvalue weighted by molar-refractivity contribution is 4.94. The highest BCUT2D eigenvalue weighted by Gasteiger charge is 2.16. The third-order valence-electron chi connectivity index (χ3n) is 2.75. The average Bonchev–Trinajstić information content (AvgIpc) is 2.03. The van der Waals surface area contributed by atoms with E-state index < -0.39 is 0 Å². The van der Waals surface area contributed by atoms with E-state index in [1.165, 1.54) is 37.7 Å². The zero-order chi connectivity index (χ0) is 8.97. The second kappa shape index (κ2) is 4.66. The van der Waals surface area contributed by atoms with Gasteiger partial charge in [-0.15, -0.1) is 0 Å². The molecule has 0 aliphatic heterocycles. The zero-order valence-electron chi connectivity index (χ0n) is 8.34. The molecule has 0 spiro atoms. The van der Waals surface area contributed by atoms with Gasteiger partial charge in [-0.1, -0.05) is 11.6 Å². The maximum absolute atomic E-state index is 5.84. The fourth-order valence-corrected chi connectivity index (χ4v) is 1.83. The summed E-state index contributed by atoms with van der Waals surface area (Å²) < 4.78 is 0. The lowest BCUT2D eigenvalue weighted by atomic mass is 9.84. The maximum Gasteiger partial charge on any atom is 0.00390 e. The van der Waals surface area contributed by atoms with Gasteiger partial charge in [0.05, 0.1) is 0 Å². The lowest BCUT2D eigenvalue weighted by molar-refractivity contribution is 0.328. The van der Waals surface area contributed by atoms with E-state index in [2.05, 4.69) is 19.9 Å². The van der Waals surface area contributed by atoms with Gasteiger partial charge in [0, 0.05) is 6.04 Å². The van der Waals surface area contributed by atoms with Gasteiger partial charge in [-0.3, -0.25) is 0 Å². The fraction of sp³-hybridized carbons (Fsp3) is 0.818. The first-order chi connectivity index (χ1) is 5.68. The molecule has 70 valence electrons. The largest absolute Gasteiger partial charge is 0.328 e. The van der Waals surface area contributed by atoms with Crippen molar-refractivity contribution in [3.63, 3.8) is 0 Å². The summed E-state index contributed by atoms with van der Waals surface area (Å²) in [5.41, 5.74) is 7.29. The Bertz CT molecular complexity index is 148. The van der Waals surface area contributed by atoms with Gasteiger partial charge < -0.3 is 5.73 Å². The van der Waals surface area contributed by atoms with Crippen molar-refractivity contribution in [2.75, 3.05) is 0 Å². The molecule has 1 nitrogen and oxygen atoms in total. The molecule has 0 aromatic rings. The van der Waals surface area contributed by atoms with E-state index in [1.807, 2.05) is 0 Å². The van der Waals surface area contributed by atoms with E-state index in [9.17, 15) is 0 Å². The Morgan fingerprint density at radius 2 is 1.83 bits per heavy atom. The first-order valence-electron chi connectivity index (χ1n) is 5.07. The van der Waals surface area contributed by atoms with Crippen LogP contribution in [0.4, 0.5) is 0 Å². The molecule has 1 heteroatoms. The molecule has 1 fully saturated rings. The molecule has 0 aromatic carbocycles. The molecule has 0 radical (unpaired) electrons.